The van der Waals surface area contributed by atoms with Crippen molar-refractivity contribution in [2.24, 2.45) is 29.6 Å². The SMILES string of the molecule is CCC(C)(I)C(=O)OCC1C2CC3C1OC(=O)C3C2C(=O)OC. The van der Waals surface area contributed by atoms with Gasteiger partial charge in [-0.3, -0.25) is 14.4 Å². The van der Waals surface area contributed by atoms with Gasteiger partial charge in [0, 0.05) is 11.8 Å². The second-order valence-corrected chi connectivity index (χ2v) is 9.23. The predicted molar refractivity (Wildman–Crippen MR) is 87.6 cm³/mol. The number of esters is 3. The van der Waals surface area contributed by atoms with Gasteiger partial charge in [-0.1, -0.05) is 29.5 Å². The molecule has 0 amide bonds. The first-order chi connectivity index (χ1) is 10.8. The van der Waals surface area contributed by atoms with Crippen molar-refractivity contribution in [3.05, 3.63) is 0 Å². The third-order valence-corrected chi connectivity index (χ3v) is 6.95. The fourth-order valence-corrected chi connectivity index (χ4v) is 4.49. The standard InChI is InChI=1S/C16H21IO6/c1-4-16(2,17)15(20)22-6-9-7-5-8-11(10(7)13(18)21-3)14(19)23-12(8)9/h7-12H,4-6H2,1-3H3. The Bertz CT molecular complexity index is 545. The summed E-state index contributed by atoms with van der Waals surface area (Å²) < 4.78 is 15.3. The van der Waals surface area contributed by atoms with Crippen LogP contribution in [-0.4, -0.2) is 41.2 Å². The van der Waals surface area contributed by atoms with Crippen LogP contribution in [0, 0.1) is 29.6 Å². The van der Waals surface area contributed by atoms with E-state index in [2.05, 4.69) is 22.6 Å². The summed E-state index contributed by atoms with van der Waals surface area (Å²) in [6.45, 7) is 3.96. The number of hydrogen-bond acceptors (Lipinski definition) is 6. The van der Waals surface area contributed by atoms with Crippen LogP contribution in [0.1, 0.15) is 26.7 Å². The van der Waals surface area contributed by atoms with E-state index in [9.17, 15) is 14.4 Å². The summed E-state index contributed by atoms with van der Waals surface area (Å²) in [6.07, 6.45) is 1.21. The monoisotopic (exact) mass is 436 g/mol. The molecule has 1 heterocycles. The number of hydrogen-bond donors (Lipinski definition) is 0. The van der Waals surface area contributed by atoms with E-state index in [1.165, 1.54) is 7.11 Å². The molecule has 2 bridgehead atoms. The summed E-state index contributed by atoms with van der Waals surface area (Å²) in [7, 11) is 1.34. The van der Waals surface area contributed by atoms with Gasteiger partial charge >= 0.3 is 17.9 Å². The first-order valence-corrected chi connectivity index (χ1v) is 9.04. The minimum absolute atomic E-state index is 0.0104. The maximum Gasteiger partial charge on any atom is 0.321 e. The number of carbonyl (C=O) groups excluding carboxylic acids is 3. The smallest absolute Gasteiger partial charge is 0.321 e. The minimum atomic E-state index is -0.563. The van der Waals surface area contributed by atoms with Gasteiger partial charge in [0.15, 0.2) is 0 Å². The lowest BCUT2D eigenvalue weighted by molar-refractivity contribution is -0.154. The van der Waals surface area contributed by atoms with E-state index < -0.39 is 9.34 Å². The quantitative estimate of drug-likeness (QED) is 0.283. The van der Waals surface area contributed by atoms with Crippen molar-refractivity contribution in [2.45, 2.75) is 36.2 Å². The average molecular weight is 436 g/mol. The largest absolute Gasteiger partial charge is 0.469 e. The zero-order chi connectivity index (χ0) is 16.9. The summed E-state index contributed by atoms with van der Waals surface area (Å²) in [6, 6.07) is 0. The van der Waals surface area contributed by atoms with Crippen LogP contribution in [0.25, 0.3) is 0 Å². The number of ether oxygens (including phenoxy) is 3. The Balaban J connectivity index is 1.73. The second-order valence-electron chi connectivity index (χ2n) is 6.85. The summed E-state index contributed by atoms with van der Waals surface area (Å²) in [5.74, 6) is -1.84. The van der Waals surface area contributed by atoms with Gasteiger partial charge in [-0.15, -0.1) is 0 Å². The van der Waals surface area contributed by atoms with Crippen LogP contribution in [0.4, 0.5) is 0 Å². The molecule has 7 atom stereocenters. The number of halogens is 1. The first-order valence-electron chi connectivity index (χ1n) is 7.96. The molecule has 2 aliphatic carbocycles. The molecule has 7 unspecified atom stereocenters. The van der Waals surface area contributed by atoms with Crippen molar-refractivity contribution in [2.75, 3.05) is 13.7 Å². The topological polar surface area (TPSA) is 78.9 Å². The Morgan fingerprint density at radius 2 is 2.09 bits per heavy atom. The summed E-state index contributed by atoms with van der Waals surface area (Å²) in [4.78, 5) is 36.3. The van der Waals surface area contributed by atoms with Gasteiger partial charge in [0.25, 0.3) is 0 Å². The molecule has 0 aromatic rings. The number of methoxy groups -OCH3 is 1. The van der Waals surface area contributed by atoms with E-state index in [-0.39, 0.29) is 54.3 Å². The van der Waals surface area contributed by atoms with Crippen molar-refractivity contribution < 1.29 is 28.6 Å². The summed E-state index contributed by atoms with van der Waals surface area (Å²) in [5, 5.41) is 0. The van der Waals surface area contributed by atoms with Gasteiger partial charge in [0.2, 0.25) is 0 Å². The molecule has 3 fully saturated rings. The normalized spacial score (nSPS) is 39.7. The Hall–Kier alpha value is -0.860. The maximum atomic E-state index is 12.2. The molecule has 0 aromatic heterocycles. The molecule has 3 aliphatic rings. The van der Waals surface area contributed by atoms with Crippen LogP contribution in [0.2, 0.25) is 0 Å². The van der Waals surface area contributed by atoms with Gasteiger partial charge in [-0.25, -0.2) is 0 Å². The highest BCUT2D eigenvalue weighted by Crippen LogP contribution is 2.60. The molecule has 6 nitrogen and oxygen atoms in total. The Morgan fingerprint density at radius 3 is 2.70 bits per heavy atom. The van der Waals surface area contributed by atoms with Crippen molar-refractivity contribution in [1.82, 2.24) is 0 Å². The van der Waals surface area contributed by atoms with E-state index in [0.717, 1.165) is 6.42 Å². The zero-order valence-corrected chi connectivity index (χ0v) is 15.6. The highest BCUT2D eigenvalue weighted by Gasteiger charge is 2.68. The van der Waals surface area contributed by atoms with Crippen molar-refractivity contribution >= 4 is 40.5 Å². The lowest BCUT2D eigenvalue weighted by Gasteiger charge is -2.30. The second kappa shape index (κ2) is 5.89. The van der Waals surface area contributed by atoms with Crippen molar-refractivity contribution in [1.29, 1.82) is 0 Å². The predicted octanol–water partition coefficient (Wildman–Crippen LogP) is 1.73. The molecule has 7 heteroatoms. The third-order valence-electron chi connectivity index (χ3n) is 5.74. The lowest BCUT2D eigenvalue weighted by atomic mass is 9.74. The molecule has 3 rings (SSSR count). The minimum Gasteiger partial charge on any atom is -0.469 e. The summed E-state index contributed by atoms with van der Waals surface area (Å²) >= 11 is 2.09. The highest BCUT2D eigenvalue weighted by molar-refractivity contribution is 14.1. The molecule has 0 radical (unpaired) electrons. The molecular weight excluding hydrogens is 415 g/mol. The van der Waals surface area contributed by atoms with Gasteiger partial charge in [-0.2, -0.15) is 0 Å². The van der Waals surface area contributed by atoms with Gasteiger partial charge in [-0.05, 0) is 25.7 Å². The molecule has 23 heavy (non-hydrogen) atoms. The van der Waals surface area contributed by atoms with Gasteiger partial charge in [0.1, 0.15) is 9.53 Å². The van der Waals surface area contributed by atoms with E-state index in [4.69, 9.17) is 14.2 Å². The third kappa shape index (κ3) is 2.55. The molecule has 0 spiro atoms. The Labute approximate surface area is 148 Å². The Morgan fingerprint density at radius 1 is 1.39 bits per heavy atom. The molecular formula is C16H21IO6. The summed E-state index contributed by atoms with van der Waals surface area (Å²) in [5.41, 5.74) is 0. The first kappa shape index (κ1) is 17.0. The van der Waals surface area contributed by atoms with Crippen LogP contribution in [-0.2, 0) is 28.6 Å². The van der Waals surface area contributed by atoms with Crippen LogP contribution in [0.5, 0.6) is 0 Å². The highest BCUT2D eigenvalue weighted by atomic mass is 127. The maximum absolute atomic E-state index is 12.2. The average Bonchev–Trinajstić information content (AvgIpc) is 3.13. The van der Waals surface area contributed by atoms with E-state index in [1.54, 1.807) is 0 Å². The molecule has 0 N–H and O–H groups in total. The molecule has 0 aromatic carbocycles. The van der Waals surface area contributed by atoms with Crippen LogP contribution < -0.4 is 0 Å². The van der Waals surface area contributed by atoms with Crippen LogP contribution in [0.15, 0.2) is 0 Å². The molecule has 1 saturated heterocycles. The van der Waals surface area contributed by atoms with Crippen LogP contribution >= 0.6 is 22.6 Å². The fraction of sp³-hybridized carbons (Fsp3) is 0.812. The van der Waals surface area contributed by atoms with Crippen molar-refractivity contribution in [3.63, 3.8) is 0 Å². The van der Waals surface area contributed by atoms with E-state index in [0.29, 0.717) is 6.42 Å². The molecule has 1 aliphatic heterocycles. The molecule has 128 valence electrons. The fourth-order valence-electron chi connectivity index (χ4n) is 4.33. The lowest BCUT2D eigenvalue weighted by Crippen LogP contribution is -2.41. The van der Waals surface area contributed by atoms with E-state index >= 15 is 0 Å². The van der Waals surface area contributed by atoms with Crippen molar-refractivity contribution in [3.8, 4) is 0 Å². The molecule has 2 saturated carbocycles. The van der Waals surface area contributed by atoms with Crippen LogP contribution in [0.3, 0.4) is 0 Å². The Kier molecular flexibility index (Phi) is 4.35. The van der Waals surface area contributed by atoms with Gasteiger partial charge < -0.3 is 14.2 Å². The zero-order valence-electron chi connectivity index (χ0n) is 13.4. The number of alkyl halides is 1. The number of carbonyl (C=O) groups is 3. The van der Waals surface area contributed by atoms with E-state index in [1.807, 2.05) is 13.8 Å². The van der Waals surface area contributed by atoms with Gasteiger partial charge in [0.05, 0.1) is 25.6 Å². The number of rotatable bonds is 5. The number of fused-ring (bicyclic) bond motifs is 1.